The molecule has 4 N–H and O–H groups in total. The van der Waals surface area contributed by atoms with Crippen LogP contribution in [0.1, 0.15) is 19.7 Å². The number of H-pyrrole nitrogens is 1. The van der Waals surface area contributed by atoms with Crippen molar-refractivity contribution in [1.29, 1.82) is 0 Å². The van der Waals surface area contributed by atoms with Crippen LogP contribution in [0, 0.1) is 0 Å². The topological polar surface area (TPSA) is 92.5 Å². The Bertz CT molecular complexity index is 477. The van der Waals surface area contributed by atoms with Gasteiger partial charge in [-0.3, -0.25) is 0 Å². The molecular weight excluding hydrogens is 204 g/mol. The highest BCUT2D eigenvalue weighted by atomic mass is 15.1. The van der Waals surface area contributed by atoms with Crippen molar-refractivity contribution in [2.24, 2.45) is 0 Å². The summed E-state index contributed by atoms with van der Waals surface area (Å²) in [7, 11) is 0. The highest BCUT2D eigenvalue weighted by molar-refractivity contribution is 5.80. The maximum atomic E-state index is 5.72. The smallest absolute Gasteiger partial charge is 0.183 e. The average Bonchev–Trinajstić information content (AvgIpc) is 2.62. The highest BCUT2D eigenvalue weighted by Crippen LogP contribution is 2.13. The number of hydrogen-bond donors (Lipinski definition) is 3. The molecule has 0 aromatic carbocycles. The highest BCUT2D eigenvalue weighted by Gasteiger charge is 2.09. The summed E-state index contributed by atoms with van der Waals surface area (Å²) in [4.78, 5) is 15.5. The monoisotopic (exact) mass is 220 g/mol. The first-order valence-corrected chi connectivity index (χ1v) is 5.39. The van der Waals surface area contributed by atoms with Gasteiger partial charge in [0.2, 0.25) is 0 Å². The van der Waals surface area contributed by atoms with Gasteiger partial charge >= 0.3 is 0 Å². The SMILES string of the molecule is CCNC(C)Cc1nc2ncnc(N)c2[nH]1. The number of fused-ring (bicyclic) bond motifs is 1. The van der Waals surface area contributed by atoms with Gasteiger partial charge in [0.25, 0.3) is 0 Å². The fraction of sp³-hybridized carbons (Fsp3) is 0.500. The lowest BCUT2D eigenvalue weighted by Gasteiger charge is -2.09. The number of nitrogens with zero attached hydrogens (tertiary/aromatic N) is 3. The lowest BCUT2D eigenvalue weighted by Crippen LogP contribution is -2.27. The van der Waals surface area contributed by atoms with Crippen LogP contribution < -0.4 is 11.1 Å². The Morgan fingerprint density at radius 2 is 2.31 bits per heavy atom. The number of aromatic nitrogens is 4. The van der Waals surface area contributed by atoms with E-state index in [0.29, 0.717) is 17.5 Å². The van der Waals surface area contributed by atoms with Crippen LogP contribution in [-0.4, -0.2) is 32.5 Å². The predicted octanol–water partition coefficient (Wildman–Crippen LogP) is 0.476. The van der Waals surface area contributed by atoms with Gasteiger partial charge in [-0.15, -0.1) is 0 Å². The molecule has 0 aliphatic carbocycles. The lowest BCUT2D eigenvalue weighted by atomic mass is 10.2. The first-order chi connectivity index (χ1) is 7.70. The van der Waals surface area contributed by atoms with Gasteiger partial charge < -0.3 is 16.0 Å². The summed E-state index contributed by atoms with van der Waals surface area (Å²) in [6.45, 7) is 5.15. The third-order valence-corrected chi connectivity index (χ3v) is 2.42. The zero-order valence-electron chi connectivity index (χ0n) is 9.49. The Kier molecular flexibility index (Phi) is 3.00. The Hall–Kier alpha value is -1.69. The summed E-state index contributed by atoms with van der Waals surface area (Å²) in [6.07, 6.45) is 2.25. The van der Waals surface area contributed by atoms with E-state index < -0.39 is 0 Å². The standard InChI is InChI=1S/C10H16N6/c1-3-12-6(2)4-7-15-8-9(11)13-5-14-10(8)16-7/h5-6,12H,3-4H2,1-2H3,(H3,11,13,14,15,16). The number of hydrogen-bond acceptors (Lipinski definition) is 5. The summed E-state index contributed by atoms with van der Waals surface area (Å²) in [5.41, 5.74) is 7.08. The van der Waals surface area contributed by atoms with E-state index in [1.54, 1.807) is 0 Å². The van der Waals surface area contributed by atoms with Crippen LogP contribution in [0.3, 0.4) is 0 Å². The van der Waals surface area contributed by atoms with Crippen LogP contribution in [0.15, 0.2) is 6.33 Å². The summed E-state index contributed by atoms with van der Waals surface area (Å²) in [5, 5.41) is 3.33. The molecule has 1 atom stereocenters. The molecule has 2 rings (SSSR count). The summed E-state index contributed by atoms with van der Waals surface area (Å²) in [5.74, 6) is 1.33. The zero-order chi connectivity index (χ0) is 11.5. The maximum Gasteiger partial charge on any atom is 0.183 e. The van der Waals surface area contributed by atoms with E-state index in [4.69, 9.17) is 5.73 Å². The van der Waals surface area contributed by atoms with E-state index in [1.807, 2.05) is 0 Å². The molecule has 0 fully saturated rings. The van der Waals surface area contributed by atoms with E-state index in [0.717, 1.165) is 24.3 Å². The molecule has 2 heterocycles. The number of anilines is 1. The van der Waals surface area contributed by atoms with Crippen molar-refractivity contribution in [3.8, 4) is 0 Å². The van der Waals surface area contributed by atoms with Gasteiger partial charge in [-0.25, -0.2) is 15.0 Å². The van der Waals surface area contributed by atoms with E-state index >= 15 is 0 Å². The number of nitrogens with one attached hydrogen (secondary N) is 2. The number of nitrogen functional groups attached to an aromatic ring is 1. The molecule has 0 bridgehead atoms. The van der Waals surface area contributed by atoms with Crippen molar-refractivity contribution >= 4 is 17.0 Å². The molecule has 2 aromatic rings. The van der Waals surface area contributed by atoms with Gasteiger partial charge in [-0.2, -0.15) is 0 Å². The Morgan fingerprint density at radius 3 is 3.00 bits per heavy atom. The second-order valence-electron chi connectivity index (χ2n) is 3.80. The molecule has 6 heteroatoms. The van der Waals surface area contributed by atoms with Crippen LogP contribution in [0.5, 0.6) is 0 Å². The fourth-order valence-corrected chi connectivity index (χ4v) is 1.70. The van der Waals surface area contributed by atoms with Crippen molar-refractivity contribution in [2.75, 3.05) is 12.3 Å². The number of imidazole rings is 1. The van der Waals surface area contributed by atoms with Gasteiger partial charge in [0, 0.05) is 12.5 Å². The van der Waals surface area contributed by atoms with E-state index in [9.17, 15) is 0 Å². The molecule has 0 aliphatic rings. The third kappa shape index (κ3) is 2.11. The number of rotatable bonds is 4. The maximum absolute atomic E-state index is 5.72. The average molecular weight is 220 g/mol. The zero-order valence-corrected chi connectivity index (χ0v) is 9.49. The molecular formula is C10H16N6. The molecule has 2 aromatic heterocycles. The van der Waals surface area contributed by atoms with Crippen LogP contribution >= 0.6 is 0 Å². The van der Waals surface area contributed by atoms with Crippen molar-refractivity contribution in [3.05, 3.63) is 12.2 Å². The quantitative estimate of drug-likeness (QED) is 0.696. The van der Waals surface area contributed by atoms with Crippen LogP contribution in [0.25, 0.3) is 11.2 Å². The van der Waals surface area contributed by atoms with Crippen molar-refractivity contribution < 1.29 is 0 Å². The van der Waals surface area contributed by atoms with Gasteiger partial charge in [0.05, 0.1) is 0 Å². The van der Waals surface area contributed by atoms with Crippen molar-refractivity contribution in [1.82, 2.24) is 25.3 Å². The van der Waals surface area contributed by atoms with Gasteiger partial charge in [-0.1, -0.05) is 6.92 Å². The normalized spacial score (nSPS) is 13.1. The van der Waals surface area contributed by atoms with Gasteiger partial charge in [-0.05, 0) is 13.5 Å². The minimum absolute atomic E-state index is 0.375. The second-order valence-corrected chi connectivity index (χ2v) is 3.80. The molecule has 0 amide bonds. The first-order valence-electron chi connectivity index (χ1n) is 5.39. The van der Waals surface area contributed by atoms with Crippen molar-refractivity contribution in [2.45, 2.75) is 26.3 Å². The molecule has 0 aliphatic heterocycles. The Labute approximate surface area is 93.7 Å². The molecule has 6 nitrogen and oxygen atoms in total. The number of nitrogens with two attached hydrogens (primary N) is 1. The lowest BCUT2D eigenvalue weighted by molar-refractivity contribution is 0.555. The van der Waals surface area contributed by atoms with Gasteiger partial charge in [0.1, 0.15) is 17.7 Å². The summed E-state index contributed by atoms with van der Waals surface area (Å²) < 4.78 is 0. The van der Waals surface area contributed by atoms with Crippen LogP contribution in [0.4, 0.5) is 5.82 Å². The molecule has 0 saturated heterocycles. The minimum Gasteiger partial charge on any atom is -0.382 e. The number of likely N-dealkylation sites (N-methyl/N-ethyl adjacent to an activating group) is 1. The van der Waals surface area contributed by atoms with Gasteiger partial charge in [0.15, 0.2) is 11.5 Å². The Balaban J connectivity index is 2.23. The third-order valence-electron chi connectivity index (χ3n) is 2.42. The van der Waals surface area contributed by atoms with Crippen molar-refractivity contribution in [3.63, 3.8) is 0 Å². The molecule has 1 unspecified atom stereocenters. The summed E-state index contributed by atoms with van der Waals surface area (Å²) >= 11 is 0. The first kappa shape index (κ1) is 10.8. The molecule has 0 saturated carbocycles. The van der Waals surface area contributed by atoms with Crippen LogP contribution in [-0.2, 0) is 6.42 Å². The molecule has 86 valence electrons. The van der Waals surface area contributed by atoms with Crippen LogP contribution in [0.2, 0.25) is 0 Å². The largest absolute Gasteiger partial charge is 0.382 e. The predicted molar refractivity (Wildman–Crippen MR) is 62.9 cm³/mol. The Morgan fingerprint density at radius 1 is 1.50 bits per heavy atom. The number of aromatic amines is 1. The van der Waals surface area contributed by atoms with E-state index in [1.165, 1.54) is 6.33 Å². The fourth-order valence-electron chi connectivity index (χ4n) is 1.70. The molecule has 0 radical (unpaired) electrons. The van der Waals surface area contributed by atoms with E-state index in [-0.39, 0.29) is 0 Å². The minimum atomic E-state index is 0.375. The molecule has 0 spiro atoms. The van der Waals surface area contributed by atoms with E-state index in [2.05, 4.69) is 39.1 Å². The molecule has 16 heavy (non-hydrogen) atoms. The summed E-state index contributed by atoms with van der Waals surface area (Å²) in [6, 6.07) is 0.375. The second kappa shape index (κ2) is 4.44.